The zero-order valence-corrected chi connectivity index (χ0v) is 11.1. The van der Waals surface area contributed by atoms with E-state index in [0.717, 1.165) is 17.6 Å². The molecule has 0 aliphatic heterocycles. The van der Waals surface area contributed by atoms with Crippen molar-refractivity contribution in [2.45, 2.75) is 39.2 Å². The Bertz CT molecular complexity index is 273. The third-order valence-corrected chi connectivity index (χ3v) is 2.78. The SMILES string of the molecule is CCCNCC(CCC)n1cc(Br)cn1. The second-order valence-corrected chi connectivity index (χ2v) is 4.70. The van der Waals surface area contributed by atoms with Gasteiger partial charge in [-0.3, -0.25) is 4.68 Å². The summed E-state index contributed by atoms with van der Waals surface area (Å²) in [6, 6.07) is 0.479. The van der Waals surface area contributed by atoms with E-state index in [9.17, 15) is 0 Å². The van der Waals surface area contributed by atoms with Crippen molar-refractivity contribution in [3.05, 3.63) is 16.9 Å². The van der Waals surface area contributed by atoms with Gasteiger partial charge in [-0.05, 0) is 35.3 Å². The van der Waals surface area contributed by atoms with Gasteiger partial charge in [-0.25, -0.2) is 0 Å². The molecule has 1 aromatic rings. The molecule has 1 atom stereocenters. The van der Waals surface area contributed by atoms with Gasteiger partial charge in [0.1, 0.15) is 0 Å². The van der Waals surface area contributed by atoms with E-state index in [4.69, 9.17) is 0 Å². The standard InChI is InChI=1S/C11H20BrN3/c1-3-5-11(8-13-6-4-2)15-9-10(12)7-14-15/h7,9,11,13H,3-6,8H2,1-2H3. The van der Waals surface area contributed by atoms with Crippen LogP contribution >= 0.6 is 15.9 Å². The van der Waals surface area contributed by atoms with Gasteiger partial charge in [0.15, 0.2) is 0 Å². The summed E-state index contributed by atoms with van der Waals surface area (Å²) in [4.78, 5) is 0. The van der Waals surface area contributed by atoms with E-state index < -0.39 is 0 Å². The topological polar surface area (TPSA) is 29.9 Å². The summed E-state index contributed by atoms with van der Waals surface area (Å²) in [5.74, 6) is 0. The van der Waals surface area contributed by atoms with Gasteiger partial charge in [-0.15, -0.1) is 0 Å². The van der Waals surface area contributed by atoms with E-state index in [1.54, 1.807) is 0 Å². The average molecular weight is 274 g/mol. The van der Waals surface area contributed by atoms with Crippen LogP contribution in [-0.2, 0) is 0 Å². The second kappa shape index (κ2) is 7.01. The fourth-order valence-corrected chi connectivity index (χ4v) is 1.92. The zero-order valence-electron chi connectivity index (χ0n) is 9.54. The van der Waals surface area contributed by atoms with Crippen molar-refractivity contribution in [3.8, 4) is 0 Å². The predicted octanol–water partition coefficient (Wildman–Crippen LogP) is 2.99. The molecule has 0 saturated carbocycles. The molecule has 0 saturated heterocycles. The summed E-state index contributed by atoms with van der Waals surface area (Å²) in [5.41, 5.74) is 0. The first-order valence-electron chi connectivity index (χ1n) is 5.68. The second-order valence-electron chi connectivity index (χ2n) is 3.79. The van der Waals surface area contributed by atoms with Crippen molar-refractivity contribution < 1.29 is 0 Å². The number of hydrogen-bond acceptors (Lipinski definition) is 2. The Kier molecular flexibility index (Phi) is 5.95. The van der Waals surface area contributed by atoms with Crippen LogP contribution in [0.1, 0.15) is 39.2 Å². The highest BCUT2D eigenvalue weighted by Gasteiger charge is 2.10. The van der Waals surface area contributed by atoms with Crippen LogP contribution in [0.3, 0.4) is 0 Å². The largest absolute Gasteiger partial charge is 0.315 e. The Labute approximate surface area is 100 Å². The molecule has 0 aliphatic rings. The van der Waals surface area contributed by atoms with Crippen molar-refractivity contribution in [3.63, 3.8) is 0 Å². The Morgan fingerprint density at radius 3 is 2.80 bits per heavy atom. The van der Waals surface area contributed by atoms with Gasteiger partial charge in [0.05, 0.1) is 16.7 Å². The molecule has 15 heavy (non-hydrogen) atoms. The van der Waals surface area contributed by atoms with Crippen LogP contribution in [0.4, 0.5) is 0 Å². The smallest absolute Gasteiger partial charge is 0.0643 e. The molecule has 1 N–H and O–H groups in total. The molecule has 0 aliphatic carbocycles. The number of nitrogens with one attached hydrogen (secondary N) is 1. The normalized spacial score (nSPS) is 13.0. The summed E-state index contributed by atoms with van der Waals surface area (Å²) in [7, 11) is 0. The van der Waals surface area contributed by atoms with Gasteiger partial charge in [-0.1, -0.05) is 20.3 Å². The van der Waals surface area contributed by atoms with Gasteiger partial charge < -0.3 is 5.32 Å². The van der Waals surface area contributed by atoms with E-state index in [2.05, 4.69) is 44.9 Å². The lowest BCUT2D eigenvalue weighted by molar-refractivity contribution is 0.396. The Morgan fingerprint density at radius 1 is 1.47 bits per heavy atom. The molecule has 0 aromatic carbocycles. The van der Waals surface area contributed by atoms with Crippen LogP contribution in [0, 0.1) is 0 Å². The summed E-state index contributed by atoms with van der Waals surface area (Å²) >= 11 is 3.43. The number of halogens is 1. The van der Waals surface area contributed by atoms with E-state index >= 15 is 0 Å². The number of nitrogens with zero attached hydrogens (tertiary/aromatic N) is 2. The fourth-order valence-electron chi connectivity index (χ4n) is 1.62. The fraction of sp³-hybridized carbons (Fsp3) is 0.727. The molecule has 0 bridgehead atoms. The van der Waals surface area contributed by atoms with E-state index in [1.165, 1.54) is 19.3 Å². The molecule has 86 valence electrons. The maximum atomic E-state index is 4.34. The summed E-state index contributed by atoms with van der Waals surface area (Å²) in [6.45, 7) is 6.50. The van der Waals surface area contributed by atoms with E-state index in [1.807, 2.05) is 12.4 Å². The van der Waals surface area contributed by atoms with Crippen molar-refractivity contribution in [1.82, 2.24) is 15.1 Å². The summed E-state index contributed by atoms with van der Waals surface area (Å²) in [5, 5.41) is 7.79. The third-order valence-electron chi connectivity index (χ3n) is 2.37. The van der Waals surface area contributed by atoms with E-state index in [0.29, 0.717) is 6.04 Å². The highest BCUT2D eigenvalue weighted by molar-refractivity contribution is 9.10. The van der Waals surface area contributed by atoms with Crippen LogP contribution < -0.4 is 5.32 Å². The molecule has 1 heterocycles. The van der Waals surface area contributed by atoms with Gasteiger partial charge in [0.25, 0.3) is 0 Å². The first-order chi connectivity index (χ1) is 7.27. The first kappa shape index (κ1) is 12.7. The molecule has 1 aromatic heterocycles. The van der Waals surface area contributed by atoms with Crippen LogP contribution in [0.2, 0.25) is 0 Å². The van der Waals surface area contributed by atoms with Crippen molar-refractivity contribution in [2.24, 2.45) is 0 Å². The van der Waals surface area contributed by atoms with Crippen molar-refractivity contribution in [1.29, 1.82) is 0 Å². The van der Waals surface area contributed by atoms with Crippen LogP contribution in [0.15, 0.2) is 16.9 Å². The van der Waals surface area contributed by atoms with Crippen molar-refractivity contribution in [2.75, 3.05) is 13.1 Å². The quantitative estimate of drug-likeness (QED) is 0.775. The van der Waals surface area contributed by atoms with Gasteiger partial charge in [0, 0.05) is 12.7 Å². The minimum atomic E-state index is 0.479. The Hall–Kier alpha value is -0.350. The highest BCUT2D eigenvalue weighted by atomic mass is 79.9. The molecule has 0 radical (unpaired) electrons. The lowest BCUT2D eigenvalue weighted by Crippen LogP contribution is -2.26. The molecule has 0 spiro atoms. The highest BCUT2D eigenvalue weighted by Crippen LogP contribution is 2.15. The molecule has 3 nitrogen and oxygen atoms in total. The number of aromatic nitrogens is 2. The Balaban J connectivity index is 2.49. The predicted molar refractivity (Wildman–Crippen MR) is 67.0 cm³/mol. The summed E-state index contributed by atoms with van der Waals surface area (Å²) < 4.78 is 3.11. The molecule has 0 amide bonds. The zero-order chi connectivity index (χ0) is 11.1. The van der Waals surface area contributed by atoms with Crippen molar-refractivity contribution >= 4 is 15.9 Å². The third kappa shape index (κ3) is 4.34. The minimum absolute atomic E-state index is 0.479. The van der Waals surface area contributed by atoms with E-state index in [-0.39, 0.29) is 0 Å². The minimum Gasteiger partial charge on any atom is -0.315 e. The summed E-state index contributed by atoms with van der Waals surface area (Å²) in [6.07, 6.45) is 7.44. The van der Waals surface area contributed by atoms with Gasteiger partial charge in [0.2, 0.25) is 0 Å². The molecule has 1 unspecified atom stereocenters. The lowest BCUT2D eigenvalue weighted by atomic mass is 10.1. The van der Waals surface area contributed by atoms with Crippen LogP contribution in [0.5, 0.6) is 0 Å². The van der Waals surface area contributed by atoms with Crippen LogP contribution in [0.25, 0.3) is 0 Å². The van der Waals surface area contributed by atoms with Gasteiger partial charge in [-0.2, -0.15) is 5.10 Å². The Morgan fingerprint density at radius 2 is 2.27 bits per heavy atom. The maximum absolute atomic E-state index is 4.34. The molecular formula is C11H20BrN3. The molecular weight excluding hydrogens is 254 g/mol. The van der Waals surface area contributed by atoms with Gasteiger partial charge >= 0.3 is 0 Å². The lowest BCUT2D eigenvalue weighted by Gasteiger charge is -2.17. The molecule has 1 rings (SSSR count). The molecule has 4 heteroatoms. The van der Waals surface area contributed by atoms with Crippen LogP contribution in [-0.4, -0.2) is 22.9 Å². The number of hydrogen-bond donors (Lipinski definition) is 1. The first-order valence-corrected chi connectivity index (χ1v) is 6.47. The maximum Gasteiger partial charge on any atom is 0.0643 e. The monoisotopic (exact) mass is 273 g/mol. The average Bonchev–Trinajstić information content (AvgIpc) is 2.64. The molecule has 0 fully saturated rings. The number of rotatable bonds is 7.